The van der Waals surface area contributed by atoms with Gasteiger partial charge in [-0.25, -0.2) is 0 Å². The third-order valence-corrected chi connectivity index (χ3v) is 6.14. The topological polar surface area (TPSA) is 78.2 Å². The molecule has 1 aliphatic carbocycles. The molecule has 1 aromatic carbocycles. The van der Waals surface area contributed by atoms with Crippen molar-refractivity contribution in [1.29, 1.82) is 0 Å². The van der Waals surface area contributed by atoms with Crippen molar-refractivity contribution in [1.82, 2.24) is 0 Å². The minimum absolute atomic E-state index is 0. The summed E-state index contributed by atoms with van der Waals surface area (Å²) in [7, 11) is 2.10. The van der Waals surface area contributed by atoms with E-state index in [1.54, 1.807) is 14.2 Å². The Bertz CT molecular complexity index is 588. The van der Waals surface area contributed by atoms with Crippen LogP contribution >= 0.6 is 0 Å². The Kier molecular flexibility index (Phi) is 16.9. The Morgan fingerprint density at radius 1 is 0.962 bits per heavy atom. The molecule has 1 atom stereocenters. The molecule has 0 bridgehead atoms. The molecular formula is C19H26CrO5Si. The number of methoxy groups -OCH3 is 2. The summed E-state index contributed by atoms with van der Waals surface area (Å²) in [5.41, 5.74) is 2.86. The first-order valence-electron chi connectivity index (χ1n) is 7.79. The molecular weight excluding hydrogens is 388 g/mol. The Balaban J connectivity index is -0.000000686. The average Bonchev–Trinajstić information content (AvgIpc) is 2.64. The molecule has 142 valence electrons. The maximum absolute atomic E-state index is 7.50. The summed E-state index contributed by atoms with van der Waals surface area (Å²) in [6, 6.07) is 2.40. The Morgan fingerprint density at radius 2 is 1.42 bits per heavy atom. The molecule has 0 radical (unpaired) electrons. The van der Waals surface area contributed by atoms with Crippen LogP contribution in [0.15, 0.2) is 6.07 Å². The largest absolute Gasteiger partial charge is 0 e. The van der Waals surface area contributed by atoms with Crippen LogP contribution in [0, 0.1) is 20.0 Å². The van der Waals surface area contributed by atoms with Crippen molar-refractivity contribution >= 4 is 13.3 Å². The van der Waals surface area contributed by atoms with Crippen molar-refractivity contribution in [2.45, 2.75) is 51.7 Å². The summed E-state index contributed by atoms with van der Waals surface area (Å²) < 4.78 is 34.0. The normalized spacial score (nSPS) is 14.1. The van der Waals surface area contributed by atoms with Gasteiger partial charge in [-0.15, -0.1) is 0 Å². The van der Waals surface area contributed by atoms with Gasteiger partial charge in [0.2, 0.25) is 0 Å². The average molecular weight is 414 g/mol. The SMILES string of the molecule is COc1c([Si](C)(C)C)cc2c(c1OC)C(C)CCC2.[C-]#[O+].[C-]#[O+].[C-]#[O+].[Cr]. The van der Waals surface area contributed by atoms with E-state index in [9.17, 15) is 0 Å². The van der Waals surface area contributed by atoms with Gasteiger partial charge in [0.15, 0.2) is 11.5 Å². The van der Waals surface area contributed by atoms with Crippen LogP contribution in [0.2, 0.25) is 19.6 Å². The summed E-state index contributed by atoms with van der Waals surface area (Å²) in [4.78, 5) is 0. The Labute approximate surface area is 168 Å². The van der Waals surface area contributed by atoms with Gasteiger partial charge in [-0.05, 0) is 35.9 Å². The van der Waals surface area contributed by atoms with Crippen molar-refractivity contribution in [3.63, 3.8) is 0 Å². The van der Waals surface area contributed by atoms with Gasteiger partial charge in [-0.1, -0.05) is 32.6 Å². The molecule has 1 aliphatic rings. The minimum atomic E-state index is -1.43. The quantitative estimate of drug-likeness (QED) is 0.431. The van der Waals surface area contributed by atoms with Crippen LogP contribution in [0.3, 0.4) is 0 Å². The second-order valence-electron chi connectivity index (χ2n) is 6.61. The molecule has 1 aromatic rings. The van der Waals surface area contributed by atoms with Crippen LogP contribution in [0.1, 0.15) is 36.8 Å². The van der Waals surface area contributed by atoms with E-state index in [4.69, 9.17) is 23.4 Å². The van der Waals surface area contributed by atoms with Gasteiger partial charge in [0, 0.05) is 22.9 Å². The predicted octanol–water partition coefficient (Wildman–Crippen LogP) is 3.57. The number of aryl methyl sites for hydroxylation is 1. The molecule has 26 heavy (non-hydrogen) atoms. The fraction of sp³-hybridized carbons (Fsp3) is 0.526. The molecule has 0 aromatic heterocycles. The van der Waals surface area contributed by atoms with Gasteiger partial charge < -0.3 is 9.47 Å². The third kappa shape index (κ3) is 7.19. The first-order valence-corrected chi connectivity index (χ1v) is 11.3. The molecule has 0 heterocycles. The van der Waals surface area contributed by atoms with Gasteiger partial charge >= 0.3 is 33.9 Å². The van der Waals surface area contributed by atoms with Crippen molar-refractivity contribution in [3.8, 4) is 11.5 Å². The molecule has 0 saturated carbocycles. The summed E-state index contributed by atoms with van der Waals surface area (Å²) in [6.45, 7) is 22.9. The van der Waals surface area contributed by atoms with E-state index in [2.05, 4.69) is 52.6 Å². The molecule has 0 saturated heterocycles. The Morgan fingerprint density at radius 3 is 1.81 bits per heavy atom. The fourth-order valence-electron chi connectivity index (χ4n) is 3.16. The van der Waals surface area contributed by atoms with Gasteiger partial charge in [-0.2, -0.15) is 0 Å². The summed E-state index contributed by atoms with van der Waals surface area (Å²) in [6.07, 6.45) is 3.71. The predicted molar refractivity (Wildman–Crippen MR) is 95.7 cm³/mol. The molecule has 0 N–H and O–H groups in total. The first kappa shape index (κ1) is 29.5. The minimum Gasteiger partial charge on any atom is 0 e. The van der Waals surface area contributed by atoms with Crippen molar-refractivity contribution in [3.05, 3.63) is 37.1 Å². The van der Waals surface area contributed by atoms with Gasteiger partial charge in [-0.3, -0.25) is 0 Å². The van der Waals surface area contributed by atoms with E-state index < -0.39 is 8.07 Å². The maximum Gasteiger partial charge on any atom is 0 e. The van der Waals surface area contributed by atoms with Crippen LogP contribution in [-0.2, 0) is 37.7 Å². The zero-order chi connectivity index (χ0) is 20.2. The van der Waals surface area contributed by atoms with E-state index in [1.807, 2.05) is 0 Å². The monoisotopic (exact) mass is 414 g/mol. The molecule has 5 nitrogen and oxygen atoms in total. The van der Waals surface area contributed by atoms with Gasteiger partial charge in [0.05, 0.1) is 22.3 Å². The number of fused-ring (bicyclic) bond motifs is 1. The number of hydrogen-bond acceptors (Lipinski definition) is 2. The summed E-state index contributed by atoms with van der Waals surface area (Å²) in [5, 5.41) is 1.39. The Hall–Kier alpha value is -1.21. The van der Waals surface area contributed by atoms with E-state index in [1.165, 1.54) is 35.6 Å². The summed E-state index contributed by atoms with van der Waals surface area (Å²) in [5.74, 6) is 2.54. The van der Waals surface area contributed by atoms with Crippen LogP contribution in [0.25, 0.3) is 0 Å². The van der Waals surface area contributed by atoms with E-state index in [-0.39, 0.29) is 17.4 Å². The molecule has 7 heteroatoms. The molecule has 0 spiro atoms. The van der Waals surface area contributed by atoms with Crippen molar-refractivity contribution in [2.75, 3.05) is 14.2 Å². The number of benzene rings is 1. The third-order valence-electron chi connectivity index (χ3n) is 4.15. The number of hydrogen-bond donors (Lipinski definition) is 0. The molecule has 0 aliphatic heterocycles. The molecule has 0 amide bonds. The zero-order valence-electron chi connectivity index (χ0n) is 16.2. The molecule has 0 fully saturated rings. The fourth-order valence-corrected chi connectivity index (χ4v) is 4.66. The van der Waals surface area contributed by atoms with Crippen LogP contribution in [0.5, 0.6) is 11.5 Å². The zero-order valence-corrected chi connectivity index (χ0v) is 18.5. The van der Waals surface area contributed by atoms with Gasteiger partial charge in [0.25, 0.3) is 0 Å². The first-order chi connectivity index (χ1) is 11.9. The standard InChI is InChI=1S/C16H26O2Si.3CO.Cr/c1-11-8-7-9-12-10-13(19(4,5)6)15(17-2)16(18-3)14(11)12;3*1-2;/h10-11H,7-9H2,1-6H3;;;;. The van der Waals surface area contributed by atoms with Gasteiger partial charge in [0.1, 0.15) is 0 Å². The number of ether oxygens (including phenoxy) is 2. The maximum atomic E-state index is 7.50. The molecule has 1 unspecified atom stereocenters. The molecule has 2 rings (SSSR count). The van der Waals surface area contributed by atoms with E-state index in [0.717, 1.165) is 11.5 Å². The van der Waals surface area contributed by atoms with Crippen LogP contribution in [-0.4, -0.2) is 22.3 Å². The van der Waals surface area contributed by atoms with Crippen LogP contribution in [0.4, 0.5) is 0 Å². The van der Waals surface area contributed by atoms with E-state index >= 15 is 0 Å². The summed E-state index contributed by atoms with van der Waals surface area (Å²) >= 11 is 0. The van der Waals surface area contributed by atoms with Crippen molar-refractivity contribution in [2.24, 2.45) is 0 Å². The smallest absolute Gasteiger partial charge is 0 e. The number of rotatable bonds is 3. The second-order valence-corrected chi connectivity index (χ2v) is 11.6. The van der Waals surface area contributed by atoms with Crippen LogP contribution < -0.4 is 14.7 Å². The second kappa shape index (κ2) is 14.9. The van der Waals surface area contributed by atoms with Crippen molar-refractivity contribution < 1.29 is 40.8 Å². The van der Waals surface area contributed by atoms with E-state index in [0.29, 0.717) is 5.92 Å².